The van der Waals surface area contributed by atoms with Gasteiger partial charge in [0.15, 0.2) is 5.82 Å². The molecule has 0 aliphatic heterocycles. The fourth-order valence-electron chi connectivity index (χ4n) is 1.32. The molecule has 2 aromatic rings. The Morgan fingerprint density at radius 3 is 2.69 bits per heavy atom. The maximum atomic E-state index is 13.7. The minimum atomic E-state index is -0.793. The van der Waals surface area contributed by atoms with Gasteiger partial charge < -0.3 is 5.73 Å². The van der Waals surface area contributed by atoms with E-state index in [2.05, 4.69) is 15.0 Å². The molecule has 4 nitrogen and oxygen atoms in total. The summed E-state index contributed by atoms with van der Waals surface area (Å²) >= 11 is 0. The number of anilines is 1. The molecule has 0 aliphatic carbocycles. The number of rotatable bonds is 1. The van der Waals surface area contributed by atoms with Crippen molar-refractivity contribution in [3.8, 4) is 11.3 Å². The highest BCUT2D eigenvalue weighted by Crippen LogP contribution is 2.23. The molecule has 2 heterocycles. The molecule has 0 spiro atoms. The zero-order valence-corrected chi connectivity index (χ0v) is 8.41. The van der Waals surface area contributed by atoms with E-state index < -0.39 is 11.8 Å². The molecule has 0 aliphatic rings. The van der Waals surface area contributed by atoms with Crippen molar-refractivity contribution in [2.24, 2.45) is 0 Å². The van der Waals surface area contributed by atoms with E-state index >= 15 is 0 Å². The van der Waals surface area contributed by atoms with Crippen molar-refractivity contribution < 1.29 is 8.78 Å². The van der Waals surface area contributed by atoms with Crippen LogP contribution in [0.15, 0.2) is 18.3 Å². The van der Waals surface area contributed by atoms with E-state index in [0.29, 0.717) is 0 Å². The van der Waals surface area contributed by atoms with Crippen LogP contribution in [0.3, 0.4) is 0 Å². The summed E-state index contributed by atoms with van der Waals surface area (Å²) in [7, 11) is 0. The van der Waals surface area contributed by atoms with Crippen LogP contribution < -0.4 is 5.73 Å². The zero-order chi connectivity index (χ0) is 11.7. The summed E-state index contributed by atoms with van der Waals surface area (Å²) < 4.78 is 27.0. The topological polar surface area (TPSA) is 64.7 Å². The van der Waals surface area contributed by atoms with Crippen LogP contribution in [0.2, 0.25) is 0 Å². The first-order chi connectivity index (χ1) is 7.59. The molecule has 2 aromatic heterocycles. The fraction of sp³-hybridized carbons (Fsp3) is 0.100. The van der Waals surface area contributed by atoms with Crippen molar-refractivity contribution in [3.05, 3.63) is 35.8 Å². The van der Waals surface area contributed by atoms with Gasteiger partial charge in [0.2, 0.25) is 11.9 Å². The Bertz CT molecular complexity index is 542. The van der Waals surface area contributed by atoms with Gasteiger partial charge >= 0.3 is 0 Å². The molecule has 0 amide bonds. The van der Waals surface area contributed by atoms with Crippen molar-refractivity contribution >= 4 is 5.95 Å². The molecule has 0 bridgehead atoms. The molecule has 2 N–H and O–H groups in total. The molecule has 0 unspecified atom stereocenters. The molecule has 2 rings (SSSR count). The molecule has 0 fully saturated rings. The lowest BCUT2D eigenvalue weighted by Crippen LogP contribution is -2.04. The summed E-state index contributed by atoms with van der Waals surface area (Å²) in [4.78, 5) is 10.7. The molecular weight excluding hydrogens is 214 g/mol. The van der Waals surface area contributed by atoms with Gasteiger partial charge in [-0.25, -0.2) is 19.3 Å². The van der Waals surface area contributed by atoms with Gasteiger partial charge in [-0.2, -0.15) is 4.39 Å². The quantitative estimate of drug-likeness (QED) is 0.746. The van der Waals surface area contributed by atoms with Crippen molar-refractivity contribution in [1.82, 2.24) is 15.0 Å². The monoisotopic (exact) mass is 222 g/mol. The number of nitrogens with two attached hydrogens (primary N) is 1. The minimum absolute atomic E-state index is 0.0304. The summed E-state index contributed by atoms with van der Waals surface area (Å²) in [5, 5.41) is 0. The Hall–Kier alpha value is -2.11. The highest BCUT2D eigenvalue weighted by molar-refractivity contribution is 5.60. The van der Waals surface area contributed by atoms with Crippen LogP contribution in [-0.2, 0) is 0 Å². The number of pyridine rings is 1. The number of hydrogen-bond donors (Lipinski definition) is 1. The Kier molecular flexibility index (Phi) is 2.47. The van der Waals surface area contributed by atoms with Crippen LogP contribution in [-0.4, -0.2) is 15.0 Å². The second kappa shape index (κ2) is 3.80. The SMILES string of the molecule is Cc1nc(N)nc(-c2cccnc2F)c1F. The van der Waals surface area contributed by atoms with Gasteiger partial charge in [0.1, 0.15) is 5.69 Å². The number of halogens is 2. The predicted octanol–water partition coefficient (Wildman–Crippen LogP) is 1.71. The third-order valence-corrected chi connectivity index (χ3v) is 2.05. The Labute approximate surface area is 90.2 Å². The lowest BCUT2D eigenvalue weighted by atomic mass is 10.1. The molecule has 0 saturated carbocycles. The highest BCUT2D eigenvalue weighted by Gasteiger charge is 2.15. The van der Waals surface area contributed by atoms with Crippen LogP contribution in [0.5, 0.6) is 0 Å². The van der Waals surface area contributed by atoms with Crippen LogP contribution in [0, 0.1) is 18.7 Å². The van der Waals surface area contributed by atoms with Gasteiger partial charge in [0.25, 0.3) is 0 Å². The first-order valence-electron chi connectivity index (χ1n) is 4.50. The second-order valence-electron chi connectivity index (χ2n) is 3.17. The van der Waals surface area contributed by atoms with Crippen molar-refractivity contribution in [3.63, 3.8) is 0 Å². The van der Waals surface area contributed by atoms with E-state index in [4.69, 9.17) is 5.73 Å². The van der Waals surface area contributed by atoms with Crippen LogP contribution in [0.1, 0.15) is 5.69 Å². The number of aromatic nitrogens is 3. The lowest BCUT2D eigenvalue weighted by molar-refractivity contribution is 0.577. The number of hydrogen-bond acceptors (Lipinski definition) is 4. The summed E-state index contributed by atoms with van der Waals surface area (Å²) in [6.07, 6.45) is 1.27. The number of nitrogens with zero attached hydrogens (tertiary/aromatic N) is 3. The standard InChI is InChI=1S/C10H8F2N4/c1-5-7(11)8(16-10(13)15-5)6-3-2-4-14-9(6)12/h2-4H,1H3,(H2,13,15,16). The van der Waals surface area contributed by atoms with Gasteiger partial charge in [-0.3, -0.25) is 0 Å². The van der Waals surface area contributed by atoms with E-state index in [9.17, 15) is 8.78 Å². The van der Waals surface area contributed by atoms with E-state index in [1.807, 2.05) is 0 Å². The van der Waals surface area contributed by atoms with Gasteiger partial charge in [-0.15, -0.1) is 0 Å². The molecule has 0 atom stereocenters. The average Bonchev–Trinajstić information content (AvgIpc) is 2.24. The lowest BCUT2D eigenvalue weighted by Gasteiger charge is -2.05. The molecule has 82 valence electrons. The maximum Gasteiger partial charge on any atom is 0.222 e. The van der Waals surface area contributed by atoms with Crippen LogP contribution in [0.25, 0.3) is 11.3 Å². The van der Waals surface area contributed by atoms with Gasteiger partial charge in [0.05, 0.1) is 11.3 Å². The van der Waals surface area contributed by atoms with E-state index in [1.165, 1.54) is 25.3 Å². The molecule has 16 heavy (non-hydrogen) atoms. The van der Waals surface area contributed by atoms with Gasteiger partial charge in [-0.05, 0) is 19.1 Å². The summed E-state index contributed by atoms with van der Waals surface area (Å²) in [6.45, 7) is 1.44. The predicted molar refractivity (Wildman–Crippen MR) is 54.3 cm³/mol. The Balaban J connectivity index is 2.69. The number of aryl methyl sites for hydroxylation is 1. The first kappa shape index (κ1) is 10.4. The molecular formula is C10H8F2N4. The normalized spacial score (nSPS) is 10.4. The average molecular weight is 222 g/mol. The Morgan fingerprint density at radius 1 is 1.25 bits per heavy atom. The van der Waals surface area contributed by atoms with Crippen molar-refractivity contribution in [1.29, 1.82) is 0 Å². The van der Waals surface area contributed by atoms with Crippen molar-refractivity contribution in [2.75, 3.05) is 5.73 Å². The van der Waals surface area contributed by atoms with Crippen LogP contribution >= 0.6 is 0 Å². The maximum absolute atomic E-state index is 13.7. The van der Waals surface area contributed by atoms with E-state index in [-0.39, 0.29) is 22.9 Å². The van der Waals surface area contributed by atoms with E-state index in [0.717, 1.165) is 0 Å². The largest absolute Gasteiger partial charge is 0.368 e. The minimum Gasteiger partial charge on any atom is -0.368 e. The summed E-state index contributed by atoms with van der Waals surface area (Å²) in [5.41, 5.74) is 5.26. The van der Waals surface area contributed by atoms with Crippen molar-refractivity contribution in [2.45, 2.75) is 6.92 Å². The third-order valence-electron chi connectivity index (χ3n) is 2.05. The number of nitrogen functional groups attached to an aromatic ring is 1. The van der Waals surface area contributed by atoms with Gasteiger partial charge in [-0.1, -0.05) is 0 Å². The Morgan fingerprint density at radius 2 is 2.00 bits per heavy atom. The second-order valence-corrected chi connectivity index (χ2v) is 3.17. The zero-order valence-electron chi connectivity index (χ0n) is 8.41. The molecule has 0 aromatic carbocycles. The molecule has 6 heteroatoms. The smallest absolute Gasteiger partial charge is 0.222 e. The summed E-state index contributed by atoms with van der Waals surface area (Å²) in [6, 6.07) is 2.87. The highest BCUT2D eigenvalue weighted by atomic mass is 19.1. The van der Waals surface area contributed by atoms with Gasteiger partial charge in [0, 0.05) is 6.20 Å². The van der Waals surface area contributed by atoms with E-state index in [1.54, 1.807) is 0 Å². The third kappa shape index (κ3) is 1.69. The van der Waals surface area contributed by atoms with Crippen LogP contribution in [0.4, 0.5) is 14.7 Å². The fourth-order valence-corrected chi connectivity index (χ4v) is 1.32. The molecule has 0 radical (unpaired) electrons. The first-order valence-corrected chi connectivity index (χ1v) is 4.50. The molecule has 0 saturated heterocycles. The summed E-state index contributed by atoms with van der Waals surface area (Å²) in [5.74, 6) is -1.59.